The van der Waals surface area contributed by atoms with Gasteiger partial charge in [0.05, 0.1) is 12.8 Å². The predicted molar refractivity (Wildman–Crippen MR) is 92.8 cm³/mol. The lowest BCUT2D eigenvalue weighted by Gasteiger charge is -2.13. The van der Waals surface area contributed by atoms with Crippen molar-refractivity contribution in [3.8, 4) is 11.5 Å². The van der Waals surface area contributed by atoms with Gasteiger partial charge in [-0.15, -0.1) is 0 Å². The summed E-state index contributed by atoms with van der Waals surface area (Å²) in [4.78, 5) is 24.2. The maximum absolute atomic E-state index is 12.1. The molecule has 0 aromatic heterocycles. The second-order valence-corrected chi connectivity index (χ2v) is 5.62. The van der Waals surface area contributed by atoms with E-state index in [4.69, 9.17) is 16.3 Å². The molecule has 126 valence electrons. The summed E-state index contributed by atoms with van der Waals surface area (Å²) in [6.07, 6.45) is 0. The molecule has 0 heterocycles. The maximum atomic E-state index is 12.1. The summed E-state index contributed by atoms with van der Waals surface area (Å²) >= 11 is 6.01. The number of hydrogen-bond acceptors (Lipinski definition) is 4. The number of aryl methyl sites for hydroxylation is 2. The predicted octanol–water partition coefficient (Wildman–Crippen LogP) is 3.25. The summed E-state index contributed by atoms with van der Waals surface area (Å²) in [7, 11) is 1.44. The Morgan fingerprint density at radius 1 is 1.00 bits per heavy atom. The number of hydrogen-bond donors (Lipinski definition) is 3. The second-order valence-electron chi connectivity index (χ2n) is 5.21. The van der Waals surface area contributed by atoms with Gasteiger partial charge in [-0.3, -0.25) is 9.59 Å². The van der Waals surface area contributed by atoms with Crippen LogP contribution in [0.1, 0.15) is 11.1 Å². The lowest BCUT2D eigenvalue weighted by Crippen LogP contribution is -2.29. The molecule has 0 atom stereocenters. The molecule has 0 aliphatic rings. The van der Waals surface area contributed by atoms with Crippen LogP contribution in [0.4, 0.5) is 11.4 Å². The zero-order valence-electron chi connectivity index (χ0n) is 13.4. The third kappa shape index (κ3) is 3.97. The zero-order valence-corrected chi connectivity index (χ0v) is 14.2. The number of benzene rings is 2. The molecule has 0 spiro atoms. The van der Waals surface area contributed by atoms with Crippen LogP contribution in [0.2, 0.25) is 5.02 Å². The van der Waals surface area contributed by atoms with Crippen LogP contribution in [0.5, 0.6) is 11.5 Å². The molecule has 0 fully saturated rings. The summed E-state index contributed by atoms with van der Waals surface area (Å²) in [6.45, 7) is 3.48. The monoisotopic (exact) mass is 348 g/mol. The van der Waals surface area contributed by atoms with Crippen LogP contribution in [0.15, 0.2) is 30.3 Å². The van der Waals surface area contributed by atoms with Gasteiger partial charge >= 0.3 is 11.8 Å². The van der Waals surface area contributed by atoms with Crippen molar-refractivity contribution in [1.29, 1.82) is 0 Å². The summed E-state index contributed by atoms with van der Waals surface area (Å²) in [6, 6.07) is 7.61. The summed E-state index contributed by atoms with van der Waals surface area (Å²) < 4.78 is 5.15. The van der Waals surface area contributed by atoms with Gasteiger partial charge in [-0.25, -0.2) is 0 Å². The van der Waals surface area contributed by atoms with Gasteiger partial charge in [0.15, 0.2) is 0 Å². The Morgan fingerprint density at radius 3 is 2.21 bits per heavy atom. The van der Waals surface area contributed by atoms with Gasteiger partial charge < -0.3 is 20.5 Å². The molecule has 0 saturated heterocycles. The van der Waals surface area contributed by atoms with E-state index in [0.29, 0.717) is 27.7 Å². The summed E-state index contributed by atoms with van der Waals surface area (Å²) in [5, 5.41) is 14.8. The van der Waals surface area contributed by atoms with Gasteiger partial charge in [-0.05, 0) is 49.2 Å². The lowest BCUT2D eigenvalue weighted by molar-refractivity contribution is -0.133. The van der Waals surface area contributed by atoms with Crippen molar-refractivity contribution in [2.75, 3.05) is 17.7 Å². The first-order valence-electron chi connectivity index (χ1n) is 7.08. The molecule has 3 N–H and O–H groups in total. The Labute approximate surface area is 144 Å². The van der Waals surface area contributed by atoms with E-state index in [1.165, 1.54) is 25.3 Å². The van der Waals surface area contributed by atoms with E-state index in [0.717, 1.165) is 5.56 Å². The highest BCUT2D eigenvalue weighted by molar-refractivity contribution is 6.44. The van der Waals surface area contributed by atoms with Crippen molar-refractivity contribution in [3.05, 3.63) is 46.5 Å². The molecule has 2 aromatic rings. The van der Waals surface area contributed by atoms with Gasteiger partial charge in [0, 0.05) is 16.8 Å². The molecular formula is C17H17ClN2O4. The van der Waals surface area contributed by atoms with Crippen LogP contribution < -0.4 is 15.4 Å². The van der Waals surface area contributed by atoms with Gasteiger partial charge in [-0.2, -0.15) is 0 Å². The zero-order chi connectivity index (χ0) is 17.9. The first-order chi connectivity index (χ1) is 11.3. The van der Waals surface area contributed by atoms with Crippen LogP contribution in [0.25, 0.3) is 0 Å². The Bertz CT molecular complexity index is 805. The topological polar surface area (TPSA) is 87.7 Å². The van der Waals surface area contributed by atoms with Crippen molar-refractivity contribution >= 4 is 34.8 Å². The quantitative estimate of drug-likeness (QED) is 0.587. The standard InChI is InChI=1S/C17H17ClN2O4/c1-9-7-14(15(24-3)8-12(9)18)20-17(23)16(22)19-13-5-4-11(21)6-10(13)2/h4-8,21H,1-3H3,(H,19,22)(H,20,23). The van der Waals surface area contributed by atoms with Crippen molar-refractivity contribution < 1.29 is 19.4 Å². The first-order valence-corrected chi connectivity index (χ1v) is 7.45. The Kier molecular flexibility index (Phi) is 5.31. The average molecular weight is 349 g/mol. The summed E-state index contributed by atoms with van der Waals surface area (Å²) in [5.74, 6) is -1.25. The number of phenolic OH excluding ortho intramolecular Hbond substituents is 1. The highest BCUT2D eigenvalue weighted by Gasteiger charge is 2.18. The molecule has 0 aliphatic carbocycles. The number of amides is 2. The Morgan fingerprint density at radius 2 is 1.62 bits per heavy atom. The van der Waals surface area contributed by atoms with Crippen molar-refractivity contribution in [3.63, 3.8) is 0 Å². The molecule has 2 amide bonds. The summed E-state index contributed by atoms with van der Waals surface area (Å²) in [5.41, 5.74) is 2.16. The molecule has 0 radical (unpaired) electrons. The fourth-order valence-electron chi connectivity index (χ4n) is 2.08. The molecule has 24 heavy (non-hydrogen) atoms. The number of anilines is 2. The largest absolute Gasteiger partial charge is 0.508 e. The number of rotatable bonds is 3. The fourth-order valence-corrected chi connectivity index (χ4v) is 2.23. The van der Waals surface area contributed by atoms with Crippen molar-refractivity contribution in [2.45, 2.75) is 13.8 Å². The minimum atomic E-state index is -0.845. The van der Waals surface area contributed by atoms with E-state index in [9.17, 15) is 14.7 Å². The van der Waals surface area contributed by atoms with E-state index < -0.39 is 11.8 Å². The van der Waals surface area contributed by atoms with Crippen LogP contribution in [0.3, 0.4) is 0 Å². The molecule has 0 saturated carbocycles. The maximum Gasteiger partial charge on any atom is 0.314 e. The number of phenols is 1. The smallest absolute Gasteiger partial charge is 0.314 e. The van der Waals surface area contributed by atoms with Crippen LogP contribution in [0, 0.1) is 13.8 Å². The first kappa shape index (κ1) is 17.6. The van der Waals surface area contributed by atoms with Crippen molar-refractivity contribution in [2.24, 2.45) is 0 Å². The van der Waals surface area contributed by atoms with Crippen LogP contribution in [-0.2, 0) is 9.59 Å². The SMILES string of the molecule is COc1cc(Cl)c(C)cc1NC(=O)C(=O)Nc1ccc(O)cc1C. The number of ether oxygens (including phenoxy) is 1. The van der Waals surface area contributed by atoms with Crippen LogP contribution in [-0.4, -0.2) is 24.0 Å². The van der Waals surface area contributed by atoms with E-state index in [1.807, 2.05) is 0 Å². The number of nitrogens with one attached hydrogen (secondary N) is 2. The van der Waals surface area contributed by atoms with E-state index in [2.05, 4.69) is 10.6 Å². The Balaban J connectivity index is 2.15. The molecule has 2 aromatic carbocycles. The number of carbonyl (C=O) groups excluding carboxylic acids is 2. The van der Waals surface area contributed by atoms with Crippen LogP contribution >= 0.6 is 11.6 Å². The fraction of sp³-hybridized carbons (Fsp3) is 0.176. The van der Waals surface area contributed by atoms with E-state index in [-0.39, 0.29) is 5.75 Å². The minimum Gasteiger partial charge on any atom is -0.508 e. The molecule has 0 aliphatic heterocycles. The van der Waals surface area contributed by atoms with Crippen molar-refractivity contribution in [1.82, 2.24) is 0 Å². The molecular weight excluding hydrogens is 332 g/mol. The molecule has 2 rings (SSSR count). The molecule has 0 unspecified atom stereocenters. The van der Waals surface area contributed by atoms with E-state index >= 15 is 0 Å². The van der Waals surface area contributed by atoms with Gasteiger partial charge in [-0.1, -0.05) is 11.6 Å². The highest BCUT2D eigenvalue weighted by Crippen LogP contribution is 2.31. The van der Waals surface area contributed by atoms with Gasteiger partial charge in [0.2, 0.25) is 0 Å². The van der Waals surface area contributed by atoms with Gasteiger partial charge in [0.25, 0.3) is 0 Å². The normalized spacial score (nSPS) is 10.2. The number of aromatic hydroxyl groups is 1. The second kappa shape index (κ2) is 7.23. The lowest BCUT2D eigenvalue weighted by atomic mass is 10.2. The Hall–Kier alpha value is -2.73. The molecule has 7 heteroatoms. The molecule has 0 bridgehead atoms. The number of methoxy groups -OCH3 is 1. The number of carbonyl (C=O) groups is 2. The molecule has 6 nitrogen and oxygen atoms in total. The van der Waals surface area contributed by atoms with E-state index in [1.54, 1.807) is 26.0 Å². The highest BCUT2D eigenvalue weighted by atomic mass is 35.5. The van der Waals surface area contributed by atoms with Gasteiger partial charge in [0.1, 0.15) is 11.5 Å². The average Bonchev–Trinajstić information content (AvgIpc) is 2.53. The number of halogens is 1. The third-order valence-corrected chi connectivity index (χ3v) is 3.80. The third-order valence-electron chi connectivity index (χ3n) is 3.39. The minimum absolute atomic E-state index is 0.0799.